The molecule has 2 unspecified atom stereocenters. The average Bonchev–Trinajstić information content (AvgIpc) is 2.02. The molecule has 0 spiro atoms. The standard InChI is InChI=1S/C11H22N2/c1-7-10(4)12-11(9(2)3)8-13(5)6/h1,9-12H,8H2,2-6H3. The van der Waals surface area contributed by atoms with Crippen LogP contribution in [-0.2, 0) is 0 Å². The molecule has 1 N–H and O–H groups in total. The first-order chi connectivity index (χ1) is 5.97. The van der Waals surface area contributed by atoms with Crippen LogP contribution < -0.4 is 5.32 Å². The molecule has 0 saturated carbocycles. The molecule has 0 amide bonds. The van der Waals surface area contributed by atoms with Crippen LogP contribution in [0.2, 0.25) is 0 Å². The number of hydrogen-bond acceptors (Lipinski definition) is 2. The number of likely N-dealkylation sites (N-methyl/N-ethyl adjacent to an activating group) is 1. The lowest BCUT2D eigenvalue weighted by molar-refractivity contribution is 0.284. The highest BCUT2D eigenvalue weighted by Crippen LogP contribution is 2.03. The fourth-order valence-corrected chi connectivity index (χ4v) is 1.22. The fraction of sp³-hybridized carbons (Fsp3) is 0.818. The minimum absolute atomic E-state index is 0.160. The summed E-state index contributed by atoms with van der Waals surface area (Å²) in [6, 6.07) is 0.633. The molecule has 13 heavy (non-hydrogen) atoms. The molecule has 0 aromatic heterocycles. The minimum atomic E-state index is 0.160. The minimum Gasteiger partial charge on any atom is -0.308 e. The quantitative estimate of drug-likeness (QED) is 0.642. The number of terminal acetylenes is 1. The van der Waals surface area contributed by atoms with Gasteiger partial charge in [-0.2, -0.15) is 0 Å². The van der Waals surface area contributed by atoms with Crippen molar-refractivity contribution in [3.63, 3.8) is 0 Å². The Hall–Kier alpha value is -0.520. The van der Waals surface area contributed by atoms with Gasteiger partial charge in [-0.3, -0.25) is 5.32 Å². The van der Waals surface area contributed by atoms with Crippen LogP contribution in [0, 0.1) is 18.3 Å². The summed E-state index contributed by atoms with van der Waals surface area (Å²) in [5.74, 6) is 3.30. The first kappa shape index (κ1) is 12.5. The number of hydrogen-bond donors (Lipinski definition) is 1. The molecular weight excluding hydrogens is 160 g/mol. The van der Waals surface area contributed by atoms with Crippen molar-refractivity contribution in [1.29, 1.82) is 0 Å². The highest BCUT2D eigenvalue weighted by atomic mass is 15.1. The summed E-state index contributed by atoms with van der Waals surface area (Å²) in [4.78, 5) is 2.18. The molecule has 0 aliphatic carbocycles. The molecule has 0 rings (SSSR count). The summed E-state index contributed by atoms with van der Waals surface area (Å²) in [5.41, 5.74) is 0. The van der Waals surface area contributed by atoms with Gasteiger partial charge in [0.15, 0.2) is 0 Å². The highest BCUT2D eigenvalue weighted by Gasteiger charge is 2.15. The summed E-state index contributed by atoms with van der Waals surface area (Å²) < 4.78 is 0. The predicted molar refractivity (Wildman–Crippen MR) is 58.6 cm³/mol. The van der Waals surface area contributed by atoms with E-state index in [9.17, 15) is 0 Å². The van der Waals surface area contributed by atoms with Crippen LogP contribution in [0.25, 0.3) is 0 Å². The molecule has 0 heterocycles. The first-order valence-corrected chi connectivity index (χ1v) is 4.84. The zero-order chi connectivity index (χ0) is 10.4. The van der Waals surface area contributed by atoms with Gasteiger partial charge in [0, 0.05) is 12.6 Å². The van der Waals surface area contributed by atoms with Crippen LogP contribution in [0.4, 0.5) is 0 Å². The van der Waals surface area contributed by atoms with Gasteiger partial charge in [-0.1, -0.05) is 19.8 Å². The van der Waals surface area contributed by atoms with Gasteiger partial charge in [-0.25, -0.2) is 0 Å². The second-order valence-corrected chi connectivity index (χ2v) is 4.17. The van der Waals surface area contributed by atoms with Gasteiger partial charge in [0.05, 0.1) is 6.04 Å². The Morgan fingerprint density at radius 2 is 1.85 bits per heavy atom. The van der Waals surface area contributed by atoms with Crippen LogP contribution in [0.15, 0.2) is 0 Å². The zero-order valence-electron chi connectivity index (χ0n) is 9.46. The third kappa shape index (κ3) is 5.68. The Balaban J connectivity index is 4.04. The third-order valence-electron chi connectivity index (χ3n) is 2.08. The van der Waals surface area contributed by atoms with Crippen molar-refractivity contribution in [3.8, 4) is 12.3 Å². The average molecular weight is 182 g/mol. The first-order valence-electron chi connectivity index (χ1n) is 4.84. The van der Waals surface area contributed by atoms with E-state index < -0.39 is 0 Å². The third-order valence-corrected chi connectivity index (χ3v) is 2.08. The van der Waals surface area contributed by atoms with Crippen LogP contribution >= 0.6 is 0 Å². The van der Waals surface area contributed by atoms with E-state index in [0.717, 1.165) is 6.54 Å². The number of rotatable bonds is 5. The van der Waals surface area contributed by atoms with Gasteiger partial charge in [0.2, 0.25) is 0 Å². The van der Waals surface area contributed by atoms with Crippen molar-refractivity contribution in [2.24, 2.45) is 5.92 Å². The molecule has 2 heteroatoms. The lowest BCUT2D eigenvalue weighted by Gasteiger charge is -2.27. The second-order valence-electron chi connectivity index (χ2n) is 4.17. The van der Waals surface area contributed by atoms with E-state index in [1.807, 2.05) is 6.92 Å². The normalized spacial score (nSPS) is 15.8. The molecule has 0 aliphatic heterocycles. The molecule has 0 aliphatic rings. The van der Waals surface area contributed by atoms with Gasteiger partial charge in [0.25, 0.3) is 0 Å². The molecule has 2 nitrogen and oxygen atoms in total. The Kier molecular flexibility index (Phi) is 5.77. The highest BCUT2D eigenvalue weighted by molar-refractivity contribution is 4.97. The Morgan fingerprint density at radius 1 is 1.31 bits per heavy atom. The Morgan fingerprint density at radius 3 is 2.15 bits per heavy atom. The summed E-state index contributed by atoms with van der Waals surface area (Å²) in [6.45, 7) is 7.48. The molecule has 76 valence electrons. The van der Waals surface area contributed by atoms with Crippen molar-refractivity contribution < 1.29 is 0 Å². The van der Waals surface area contributed by atoms with Crippen LogP contribution in [-0.4, -0.2) is 37.6 Å². The molecular formula is C11H22N2. The molecule has 0 aromatic carbocycles. The maximum Gasteiger partial charge on any atom is 0.0660 e. The molecule has 0 bridgehead atoms. The predicted octanol–water partition coefficient (Wildman–Crippen LogP) is 1.18. The zero-order valence-corrected chi connectivity index (χ0v) is 9.46. The van der Waals surface area contributed by atoms with E-state index in [1.165, 1.54) is 0 Å². The topological polar surface area (TPSA) is 15.3 Å². The monoisotopic (exact) mass is 182 g/mol. The van der Waals surface area contributed by atoms with Gasteiger partial charge >= 0.3 is 0 Å². The summed E-state index contributed by atoms with van der Waals surface area (Å²) in [7, 11) is 4.16. The molecule has 0 saturated heterocycles. The van der Waals surface area contributed by atoms with Crippen LogP contribution in [0.5, 0.6) is 0 Å². The van der Waals surface area contributed by atoms with Crippen molar-refractivity contribution in [2.45, 2.75) is 32.9 Å². The summed E-state index contributed by atoms with van der Waals surface area (Å²) in [6.07, 6.45) is 5.33. The van der Waals surface area contributed by atoms with E-state index in [4.69, 9.17) is 6.42 Å². The van der Waals surface area contributed by atoms with Gasteiger partial charge in [-0.05, 0) is 26.9 Å². The smallest absolute Gasteiger partial charge is 0.0660 e. The van der Waals surface area contributed by atoms with Crippen LogP contribution in [0.3, 0.4) is 0 Å². The van der Waals surface area contributed by atoms with E-state index in [1.54, 1.807) is 0 Å². The van der Waals surface area contributed by atoms with Crippen molar-refractivity contribution in [1.82, 2.24) is 10.2 Å². The van der Waals surface area contributed by atoms with Gasteiger partial charge < -0.3 is 4.90 Å². The largest absolute Gasteiger partial charge is 0.308 e. The van der Waals surface area contributed by atoms with Crippen molar-refractivity contribution in [3.05, 3.63) is 0 Å². The Labute approximate surface area is 82.7 Å². The fourth-order valence-electron chi connectivity index (χ4n) is 1.22. The Bertz CT molecular complexity index is 167. The summed E-state index contributed by atoms with van der Waals surface area (Å²) >= 11 is 0. The molecule has 2 atom stereocenters. The van der Waals surface area contributed by atoms with Crippen molar-refractivity contribution >= 4 is 0 Å². The van der Waals surface area contributed by atoms with E-state index >= 15 is 0 Å². The van der Waals surface area contributed by atoms with E-state index in [2.05, 4.69) is 44.1 Å². The molecule has 0 fully saturated rings. The maximum absolute atomic E-state index is 5.33. The van der Waals surface area contributed by atoms with Crippen molar-refractivity contribution in [2.75, 3.05) is 20.6 Å². The maximum atomic E-state index is 5.33. The van der Waals surface area contributed by atoms with E-state index in [-0.39, 0.29) is 6.04 Å². The lowest BCUT2D eigenvalue weighted by atomic mass is 10.0. The van der Waals surface area contributed by atoms with E-state index in [0.29, 0.717) is 12.0 Å². The summed E-state index contributed by atoms with van der Waals surface area (Å²) in [5, 5.41) is 3.42. The molecule has 0 radical (unpaired) electrons. The second kappa shape index (κ2) is 6.01. The van der Waals surface area contributed by atoms with Crippen LogP contribution in [0.1, 0.15) is 20.8 Å². The van der Waals surface area contributed by atoms with Gasteiger partial charge in [0.1, 0.15) is 0 Å². The molecule has 0 aromatic rings. The van der Waals surface area contributed by atoms with Gasteiger partial charge in [-0.15, -0.1) is 6.42 Å². The lowest BCUT2D eigenvalue weighted by Crippen LogP contribution is -2.45. The SMILES string of the molecule is C#CC(C)NC(CN(C)C)C(C)C. The number of nitrogens with one attached hydrogen (secondary N) is 1. The number of nitrogens with zero attached hydrogens (tertiary/aromatic N) is 1.